The lowest BCUT2D eigenvalue weighted by molar-refractivity contribution is -0.143. The first-order valence-corrected chi connectivity index (χ1v) is 7.30. The lowest BCUT2D eigenvalue weighted by Crippen LogP contribution is -2.32. The Morgan fingerprint density at radius 1 is 1.33 bits per heavy atom. The molecule has 0 aliphatic carbocycles. The summed E-state index contributed by atoms with van der Waals surface area (Å²) in [5.41, 5.74) is 0.887. The number of halogens is 2. The van der Waals surface area contributed by atoms with Crippen LogP contribution in [0.5, 0.6) is 0 Å². The van der Waals surface area contributed by atoms with Gasteiger partial charge in [-0.2, -0.15) is 0 Å². The van der Waals surface area contributed by atoms with E-state index in [0.29, 0.717) is 5.92 Å². The first-order chi connectivity index (χ1) is 8.45. The van der Waals surface area contributed by atoms with Gasteiger partial charge in [0.05, 0.1) is 7.11 Å². The molecule has 0 aromatic heterocycles. The Labute approximate surface area is 125 Å². The maximum atomic E-state index is 11.8. The quantitative estimate of drug-likeness (QED) is 0.794. The Kier molecular flexibility index (Phi) is 6.32. The normalized spacial score (nSPS) is 12.6. The highest BCUT2D eigenvalue weighted by molar-refractivity contribution is 9.13. The zero-order valence-corrected chi connectivity index (χ0v) is 13.8. The zero-order valence-electron chi connectivity index (χ0n) is 10.7. The number of esters is 1. The highest BCUT2D eigenvalue weighted by Crippen LogP contribution is 2.27. The van der Waals surface area contributed by atoms with Crippen LogP contribution in [-0.2, 0) is 9.53 Å². The molecule has 1 atom stereocenters. The molecule has 0 aliphatic rings. The van der Waals surface area contributed by atoms with E-state index in [-0.39, 0.29) is 5.97 Å². The van der Waals surface area contributed by atoms with Crippen LogP contribution in [0.4, 0.5) is 0 Å². The molecule has 0 amide bonds. The van der Waals surface area contributed by atoms with Crippen LogP contribution in [0.1, 0.15) is 25.5 Å². The molecule has 1 rings (SSSR count). The van der Waals surface area contributed by atoms with Crippen molar-refractivity contribution < 1.29 is 9.53 Å². The van der Waals surface area contributed by atoms with Gasteiger partial charge in [0.1, 0.15) is 6.04 Å². The van der Waals surface area contributed by atoms with Crippen LogP contribution in [0.3, 0.4) is 0 Å². The van der Waals surface area contributed by atoms with Crippen molar-refractivity contribution in [3.05, 3.63) is 32.7 Å². The van der Waals surface area contributed by atoms with Crippen molar-refractivity contribution in [2.45, 2.75) is 19.9 Å². The summed E-state index contributed by atoms with van der Waals surface area (Å²) in [6.07, 6.45) is 0. The van der Waals surface area contributed by atoms with E-state index in [9.17, 15) is 4.79 Å². The third-order valence-corrected chi connectivity index (χ3v) is 4.32. The van der Waals surface area contributed by atoms with Gasteiger partial charge in [-0.1, -0.05) is 19.9 Å². The number of benzene rings is 1. The van der Waals surface area contributed by atoms with Crippen LogP contribution in [0.15, 0.2) is 27.1 Å². The molecule has 5 heteroatoms. The lowest BCUT2D eigenvalue weighted by Gasteiger charge is -2.18. The number of carbonyl (C=O) groups is 1. The van der Waals surface area contributed by atoms with E-state index in [1.807, 2.05) is 18.2 Å². The zero-order chi connectivity index (χ0) is 13.7. The number of nitrogens with one attached hydrogen (secondary N) is 1. The van der Waals surface area contributed by atoms with Gasteiger partial charge >= 0.3 is 5.97 Å². The van der Waals surface area contributed by atoms with Crippen molar-refractivity contribution in [3.63, 3.8) is 0 Å². The minimum Gasteiger partial charge on any atom is -0.468 e. The lowest BCUT2D eigenvalue weighted by atomic mass is 10.1. The van der Waals surface area contributed by atoms with Gasteiger partial charge in [0.15, 0.2) is 0 Å². The fourth-order valence-electron chi connectivity index (χ4n) is 1.50. The topological polar surface area (TPSA) is 38.3 Å². The number of methoxy groups -OCH3 is 1. The fourth-order valence-corrected chi connectivity index (χ4v) is 2.14. The molecule has 0 saturated heterocycles. The van der Waals surface area contributed by atoms with Crippen molar-refractivity contribution in [3.8, 4) is 0 Å². The first-order valence-electron chi connectivity index (χ1n) is 5.72. The van der Waals surface area contributed by atoms with Gasteiger partial charge in [-0.25, -0.2) is 4.79 Å². The van der Waals surface area contributed by atoms with Gasteiger partial charge in [-0.15, -0.1) is 0 Å². The van der Waals surface area contributed by atoms with E-state index in [1.54, 1.807) is 0 Å². The second kappa shape index (κ2) is 7.26. The maximum Gasteiger partial charge on any atom is 0.327 e. The van der Waals surface area contributed by atoms with Gasteiger partial charge in [-0.3, -0.25) is 0 Å². The van der Waals surface area contributed by atoms with Crippen LogP contribution < -0.4 is 5.32 Å². The summed E-state index contributed by atoms with van der Waals surface area (Å²) < 4.78 is 6.71. The number of ether oxygens (including phenoxy) is 1. The van der Waals surface area contributed by atoms with Gasteiger partial charge in [0.2, 0.25) is 0 Å². The number of rotatable bonds is 5. The number of carbonyl (C=O) groups excluding carboxylic acids is 1. The molecule has 0 heterocycles. The monoisotopic (exact) mass is 377 g/mol. The summed E-state index contributed by atoms with van der Waals surface area (Å²) in [6, 6.07) is 5.30. The number of hydrogen-bond donors (Lipinski definition) is 1. The molecular formula is C13H17Br2NO2. The fraction of sp³-hybridized carbons (Fsp3) is 0.462. The molecule has 18 heavy (non-hydrogen) atoms. The van der Waals surface area contributed by atoms with Crippen LogP contribution in [0.25, 0.3) is 0 Å². The molecule has 0 saturated carbocycles. The van der Waals surface area contributed by atoms with Gasteiger partial charge in [-0.05, 0) is 62.0 Å². The van der Waals surface area contributed by atoms with E-state index in [4.69, 9.17) is 4.74 Å². The summed E-state index contributed by atoms with van der Waals surface area (Å²) in [5, 5.41) is 3.22. The van der Waals surface area contributed by atoms with Crippen molar-refractivity contribution in [2.24, 2.45) is 5.92 Å². The SMILES string of the molecule is COC(=O)C(NCC(C)C)c1ccc(Br)c(Br)c1. The van der Waals surface area contributed by atoms with E-state index in [0.717, 1.165) is 21.1 Å². The second-order valence-electron chi connectivity index (χ2n) is 4.43. The molecule has 0 aliphatic heterocycles. The number of hydrogen-bond acceptors (Lipinski definition) is 3. The summed E-state index contributed by atoms with van der Waals surface area (Å²) in [5.74, 6) is 0.195. The summed E-state index contributed by atoms with van der Waals surface area (Å²) in [6.45, 7) is 4.95. The Morgan fingerprint density at radius 2 is 2.00 bits per heavy atom. The molecule has 0 spiro atoms. The molecule has 1 N–H and O–H groups in total. The summed E-state index contributed by atoms with van der Waals surface area (Å²) in [7, 11) is 1.40. The average Bonchev–Trinajstić information content (AvgIpc) is 2.33. The molecule has 1 aromatic carbocycles. The van der Waals surface area contributed by atoms with Crippen molar-refractivity contribution in [1.29, 1.82) is 0 Å². The molecular weight excluding hydrogens is 362 g/mol. The molecule has 100 valence electrons. The van der Waals surface area contributed by atoms with Crippen LogP contribution in [0, 0.1) is 5.92 Å². The van der Waals surface area contributed by atoms with Crippen molar-refractivity contribution in [2.75, 3.05) is 13.7 Å². The first kappa shape index (κ1) is 15.7. The predicted molar refractivity (Wildman–Crippen MR) is 79.4 cm³/mol. The van der Waals surface area contributed by atoms with E-state index in [2.05, 4.69) is 51.0 Å². The summed E-state index contributed by atoms with van der Waals surface area (Å²) >= 11 is 6.85. The maximum absolute atomic E-state index is 11.8. The Morgan fingerprint density at radius 3 is 2.50 bits per heavy atom. The Bertz CT molecular complexity index is 421. The molecule has 3 nitrogen and oxygen atoms in total. The molecule has 1 aromatic rings. The van der Waals surface area contributed by atoms with E-state index in [1.165, 1.54) is 7.11 Å². The molecule has 0 radical (unpaired) electrons. The highest BCUT2D eigenvalue weighted by Gasteiger charge is 2.21. The van der Waals surface area contributed by atoms with E-state index < -0.39 is 6.04 Å². The Hall–Kier alpha value is -0.390. The van der Waals surface area contributed by atoms with Gasteiger partial charge < -0.3 is 10.1 Å². The molecule has 1 unspecified atom stereocenters. The minimum atomic E-state index is -0.429. The highest BCUT2D eigenvalue weighted by atomic mass is 79.9. The van der Waals surface area contributed by atoms with Crippen LogP contribution in [0.2, 0.25) is 0 Å². The van der Waals surface area contributed by atoms with Gasteiger partial charge in [0.25, 0.3) is 0 Å². The molecule has 0 fully saturated rings. The van der Waals surface area contributed by atoms with Crippen LogP contribution >= 0.6 is 31.9 Å². The van der Waals surface area contributed by atoms with Gasteiger partial charge in [0, 0.05) is 8.95 Å². The standard InChI is InChI=1S/C13H17Br2NO2/c1-8(2)7-16-12(13(17)18-3)9-4-5-10(14)11(15)6-9/h4-6,8,12,16H,7H2,1-3H3. The third-order valence-electron chi connectivity index (χ3n) is 2.44. The van der Waals surface area contributed by atoms with Crippen molar-refractivity contribution >= 4 is 37.8 Å². The predicted octanol–water partition coefficient (Wildman–Crippen LogP) is 3.67. The Balaban J connectivity index is 2.94. The third kappa shape index (κ3) is 4.37. The minimum absolute atomic E-state index is 0.273. The van der Waals surface area contributed by atoms with E-state index >= 15 is 0 Å². The largest absolute Gasteiger partial charge is 0.468 e. The summed E-state index contributed by atoms with van der Waals surface area (Å²) in [4.78, 5) is 11.8. The molecule has 0 bridgehead atoms. The van der Waals surface area contributed by atoms with Crippen LogP contribution in [-0.4, -0.2) is 19.6 Å². The van der Waals surface area contributed by atoms with Crippen molar-refractivity contribution in [1.82, 2.24) is 5.32 Å². The average molecular weight is 379 g/mol. The second-order valence-corrected chi connectivity index (χ2v) is 6.14. The smallest absolute Gasteiger partial charge is 0.327 e.